The van der Waals surface area contributed by atoms with Crippen molar-refractivity contribution < 1.29 is 9.18 Å². The summed E-state index contributed by atoms with van der Waals surface area (Å²) >= 11 is 1.60. The Balaban J connectivity index is 1.42. The van der Waals surface area contributed by atoms with Crippen LogP contribution in [-0.4, -0.2) is 32.4 Å². The first-order chi connectivity index (χ1) is 12.1. The van der Waals surface area contributed by atoms with Crippen molar-refractivity contribution in [2.45, 2.75) is 17.9 Å². The van der Waals surface area contributed by atoms with E-state index in [1.54, 1.807) is 48.3 Å². The highest BCUT2D eigenvalue weighted by molar-refractivity contribution is 7.99. The number of carbonyl (C=O) groups is 1. The Morgan fingerprint density at radius 3 is 2.76 bits per heavy atom. The molecule has 1 amide bonds. The van der Waals surface area contributed by atoms with E-state index in [2.05, 4.69) is 10.4 Å². The van der Waals surface area contributed by atoms with Crippen LogP contribution in [0.15, 0.2) is 58.4 Å². The first kappa shape index (κ1) is 17.2. The van der Waals surface area contributed by atoms with E-state index in [4.69, 9.17) is 0 Å². The van der Waals surface area contributed by atoms with Crippen LogP contribution in [0.1, 0.15) is 6.42 Å². The van der Waals surface area contributed by atoms with Crippen LogP contribution in [0.25, 0.3) is 5.65 Å². The molecule has 0 saturated carbocycles. The third-order valence-corrected chi connectivity index (χ3v) is 4.61. The fourth-order valence-corrected chi connectivity index (χ4v) is 3.14. The van der Waals surface area contributed by atoms with Gasteiger partial charge in [0.2, 0.25) is 5.91 Å². The van der Waals surface area contributed by atoms with E-state index in [1.807, 2.05) is 0 Å². The highest BCUT2D eigenvalue weighted by Gasteiger charge is 2.09. The van der Waals surface area contributed by atoms with Crippen LogP contribution in [0, 0.1) is 5.82 Å². The highest BCUT2D eigenvalue weighted by atomic mass is 32.2. The molecule has 0 saturated heterocycles. The molecule has 0 aliphatic rings. The molecular formula is C17H17FN4O2S. The Morgan fingerprint density at radius 1 is 1.20 bits per heavy atom. The lowest BCUT2D eigenvalue weighted by atomic mass is 10.4. The standard InChI is InChI=1S/C17H17FN4O2S/c18-13-5-7-14(8-6-13)25-11-3-9-19-16(23)12-22-17(24)21-10-2-1-4-15(21)20-22/h1-2,4-8,10H,3,9,11-12H2,(H,19,23). The van der Waals surface area contributed by atoms with E-state index in [-0.39, 0.29) is 24.0 Å². The minimum absolute atomic E-state index is 0.106. The Morgan fingerprint density at radius 2 is 2.00 bits per heavy atom. The molecule has 0 fully saturated rings. The van der Waals surface area contributed by atoms with E-state index < -0.39 is 0 Å². The summed E-state index contributed by atoms with van der Waals surface area (Å²) in [5.74, 6) is 0.302. The molecule has 0 spiro atoms. The van der Waals surface area contributed by atoms with Crippen LogP contribution < -0.4 is 11.0 Å². The van der Waals surface area contributed by atoms with Gasteiger partial charge in [-0.15, -0.1) is 16.9 Å². The Kier molecular flexibility index (Phi) is 5.49. The first-order valence-electron chi connectivity index (χ1n) is 7.83. The van der Waals surface area contributed by atoms with Gasteiger partial charge in [0.15, 0.2) is 5.65 Å². The molecule has 1 aromatic carbocycles. The Labute approximate surface area is 147 Å². The third-order valence-electron chi connectivity index (χ3n) is 3.51. The number of carbonyl (C=O) groups excluding carboxylic acids is 1. The number of pyridine rings is 1. The van der Waals surface area contributed by atoms with Gasteiger partial charge in [0, 0.05) is 17.6 Å². The Bertz CT molecular complexity index is 920. The zero-order valence-corrected chi connectivity index (χ0v) is 14.2. The summed E-state index contributed by atoms with van der Waals surface area (Å²) in [6, 6.07) is 11.5. The quantitative estimate of drug-likeness (QED) is 0.516. The van der Waals surface area contributed by atoms with Gasteiger partial charge >= 0.3 is 5.69 Å². The molecule has 1 N–H and O–H groups in total. The molecule has 0 bridgehead atoms. The maximum atomic E-state index is 12.8. The predicted molar refractivity (Wildman–Crippen MR) is 94.2 cm³/mol. The second kappa shape index (κ2) is 7.98. The average molecular weight is 360 g/mol. The molecule has 0 unspecified atom stereocenters. The molecule has 0 aliphatic carbocycles. The topological polar surface area (TPSA) is 68.4 Å². The lowest BCUT2D eigenvalue weighted by Crippen LogP contribution is -2.33. The SMILES string of the molecule is O=C(Cn1nc2ccccn2c1=O)NCCCSc1ccc(F)cc1. The van der Waals surface area contributed by atoms with E-state index in [9.17, 15) is 14.0 Å². The molecule has 25 heavy (non-hydrogen) atoms. The van der Waals surface area contributed by atoms with Gasteiger partial charge in [0.05, 0.1) is 0 Å². The normalized spacial score (nSPS) is 10.9. The lowest BCUT2D eigenvalue weighted by Gasteiger charge is -2.05. The molecule has 0 atom stereocenters. The number of nitrogens with zero attached hydrogens (tertiary/aromatic N) is 3. The van der Waals surface area contributed by atoms with Crippen molar-refractivity contribution in [2.75, 3.05) is 12.3 Å². The van der Waals surface area contributed by atoms with Gasteiger partial charge in [-0.25, -0.2) is 13.9 Å². The third kappa shape index (κ3) is 4.48. The van der Waals surface area contributed by atoms with Crippen molar-refractivity contribution in [3.05, 3.63) is 65.0 Å². The maximum Gasteiger partial charge on any atom is 0.350 e. The molecule has 3 rings (SSSR count). The summed E-state index contributed by atoms with van der Waals surface area (Å²) in [6.45, 7) is 0.404. The number of aromatic nitrogens is 3. The van der Waals surface area contributed by atoms with Gasteiger partial charge in [-0.3, -0.25) is 9.20 Å². The van der Waals surface area contributed by atoms with Crippen molar-refractivity contribution in [3.63, 3.8) is 0 Å². The fraction of sp³-hybridized carbons (Fsp3) is 0.235. The monoisotopic (exact) mass is 360 g/mol. The molecule has 0 radical (unpaired) electrons. The van der Waals surface area contributed by atoms with Crippen LogP contribution in [0.4, 0.5) is 4.39 Å². The molecule has 130 valence electrons. The van der Waals surface area contributed by atoms with E-state index in [1.165, 1.54) is 16.5 Å². The van der Waals surface area contributed by atoms with Gasteiger partial charge in [0.1, 0.15) is 12.4 Å². The average Bonchev–Trinajstić information content (AvgIpc) is 2.92. The van der Waals surface area contributed by atoms with Crippen LogP contribution in [0.3, 0.4) is 0 Å². The summed E-state index contributed by atoms with van der Waals surface area (Å²) in [4.78, 5) is 25.0. The summed E-state index contributed by atoms with van der Waals surface area (Å²) in [5, 5.41) is 6.89. The number of halogens is 1. The first-order valence-corrected chi connectivity index (χ1v) is 8.81. The van der Waals surface area contributed by atoms with Crippen molar-refractivity contribution in [1.82, 2.24) is 19.5 Å². The number of nitrogens with one attached hydrogen (secondary N) is 1. The van der Waals surface area contributed by atoms with Crippen molar-refractivity contribution in [1.29, 1.82) is 0 Å². The molecule has 2 aromatic heterocycles. The molecular weight excluding hydrogens is 343 g/mol. The molecule has 3 aromatic rings. The summed E-state index contributed by atoms with van der Waals surface area (Å²) in [6.07, 6.45) is 2.39. The van der Waals surface area contributed by atoms with Gasteiger partial charge in [0.25, 0.3) is 0 Å². The molecule has 8 heteroatoms. The second-order valence-corrected chi connectivity index (χ2v) is 6.54. The van der Waals surface area contributed by atoms with Gasteiger partial charge in [-0.2, -0.15) is 0 Å². The lowest BCUT2D eigenvalue weighted by molar-refractivity contribution is -0.121. The Hall–Kier alpha value is -2.61. The van der Waals surface area contributed by atoms with Crippen molar-refractivity contribution in [2.24, 2.45) is 0 Å². The van der Waals surface area contributed by atoms with Crippen LogP contribution in [-0.2, 0) is 11.3 Å². The van der Waals surface area contributed by atoms with E-state index >= 15 is 0 Å². The zero-order chi connectivity index (χ0) is 17.6. The minimum Gasteiger partial charge on any atom is -0.354 e. The smallest absolute Gasteiger partial charge is 0.350 e. The maximum absolute atomic E-state index is 12.8. The van der Waals surface area contributed by atoms with Gasteiger partial charge in [-0.1, -0.05) is 6.07 Å². The molecule has 0 aliphatic heterocycles. The number of benzene rings is 1. The predicted octanol–water partition coefficient (Wildman–Crippen LogP) is 1.93. The number of amides is 1. The highest BCUT2D eigenvalue weighted by Crippen LogP contribution is 2.18. The summed E-state index contributed by atoms with van der Waals surface area (Å²) < 4.78 is 15.4. The number of rotatable bonds is 7. The summed E-state index contributed by atoms with van der Waals surface area (Å²) in [5.41, 5.74) is 0.175. The molecule has 6 nitrogen and oxygen atoms in total. The largest absolute Gasteiger partial charge is 0.354 e. The zero-order valence-electron chi connectivity index (χ0n) is 13.4. The molecule has 2 heterocycles. The van der Waals surface area contributed by atoms with Crippen LogP contribution in [0.2, 0.25) is 0 Å². The van der Waals surface area contributed by atoms with Crippen LogP contribution in [0.5, 0.6) is 0 Å². The number of hydrogen-bond acceptors (Lipinski definition) is 4. The van der Waals surface area contributed by atoms with E-state index in [0.717, 1.165) is 21.8 Å². The summed E-state index contributed by atoms with van der Waals surface area (Å²) in [7, 11) is 0. The van der Waals surface area contributed by atoms with Gasteiger partial charge < -0.3 is 5.32 Å². The van der Waals surface area contributed by atoms with Crippen molar-refractivity contribution >= 4 is 23.3 Å². The van der Waals surface area contributed by atoms with Crippen LogP contribution >= 0.6 is 11.8 Å². The minimum atomic E-state index is -0.336. The number of hydrogen-bond donors (Lipinski definition) is 1. The fourth-order valence-electron chi connectivity index (χ4n) is 2.28. The second-order valence-electron chi connectivity index (χ2n) is 5.37. The number of thioether (sulfide) groups is 1. The number of fused-ring (bicyclic) bond motifs is 1. The van der Waals surface area contributed by atoms with Crippen molar-refractivity contribution in [3.8, 4) is 0 Å². The van der Waals surface area contributed by atoms with E-state index in [0.29, 0.717) is 12.2 Å². The van der Waals surface area contributed by atoms with Gasteiger partial charge in [-0.05, 0) is 48.6 Å².